The molecule has 0 spiro atoms. The second-order valence-electron chi connectivity index (χ2n) is 5.76. The summed E-state index contributed by atoms with van der Waals surface area (Å²) >= 11 is 3.41. The highest BCUT2D eigenvalue weighted by molar-refractivity contribution is 9.10. The predicted molar refractivity (Wildman–Crippen MR) is 83.0 cm³/mol. The lowest BCUT2D eigenvalue weighted by atomic mass is 9.90. The molecule has 5 nitrogen and oxygen atoms in total. The van der Waals surface area contributed by atoms with Crippen molar-refractivity contribution < 1.29 is 14.7 Å². The zero-order chi connectivity index (χ0) is 15.6. The largest absolute Gasteiger partial charge is 0.481 e. The molecule has 2 amide bonds. The Bertz CT molecular complexity index is 564. The molecule has 1 aromatic carbocycles. The fourth-order valence-electron chi connectivity index (χ4n) is 2.44. The molecule has 0 aliphatic carbocycles. The highest BCUT2D eigenvalue weighted by Gasteiger charge is 2.42. The average molecular weight is 355 g/mol. The number of carboxylic acid groups (broad SMARTS) is 1. The summed E-state index contributed by atoms with van der Waals surface area (Å²) in [6.45, 7) is 4.31. The van der Waals surface area contributed by atoms with Gasteiger partial charge in [-0.05, 0) is 38.0 Å². The molecule has 2 N–H and O–H groups in total. The van der Waals surface area contributed by atoms with Crippen LogP contribution < -0.4 is 5.32 Å². The van der Waals surface area contributed by atoms with Gasteiger partial charge in [0.1, 0.15) is 0 Å². The van der Waals surface area contributed by atoms with Gasteiger partial charge in [-0.15, -0.1) is 0 Å². The summed E-state index contributed by atoms with van der Waals surface area (Å²) in [5.41, 5.74) is 0.161. The number of amides is 2. The zero-order valence-electron chi connectivity index (χ0n) is 12.1. The Morgan fingerprint density at radius 2 is 2.19 bits per heavy atom. The summed E-state index contributed by atoms with van der Waals surface area (Å²) in [4.78, 5) is 25.0. The van der Waals surface area contributed by atoms with Crippen molar-refractivity contribution in [3.05, 3.63) is 34.3 Å². The number of halogens is 1. The number of hydrogen-bond acceptors (Lipinski definition) is 2. The van der Waals surface area contributed by atoms with Crippen LogP contribution in [0.3, 0.4) is 0 Å². The first-order chi connectivity index (χ1) is 9.82. The van der Waals surface area contributed by atoms with Crippen LogP contribution in [0.5, 0.6) is 0 Å². The predicted octanol–water partition coefficient (Wildman–Crippen LogP) is 3.02. The van der Waals surface area contributed by atoms with E-state index in [1.54, 1.807) is 11.8 Å². The fourth-order valence-corrected chi connectivity index (χ4v) is 2.86. The third kappa shape index (κ3) is 3.56. The summed E-state index contributed by atoms with van der Waals surface area (Å²) in [5, 5.41) is 12.1. The van der Waals surface area contributed by atoms with Gasteiger partial charge in [-0.2, -0.15) is 0 Å². The lowest BCUT2D eigenvalue weighted by molar-refractivity contribution is -0.146. The normalized spacial score (nSPS) is 22.9. The van der Waals surface area contributed by atoms with E-state index in [1.165, 1.54) is 0 Å². The topological polar surface area (TPSA) is 69.6 Å². The number of aliphatic carboxylic acids is 1. The van der Waals surface area contributed by atoms with E-state index in [0.717, 1.165) is 10.0 Å². The van der Waals surface area contributed by atoms with Crippen LogP contribution in [-0.4, -0.2) is 35.1 Å². The van der Waals surface area contributed by atoms with Crippen molar-refractivity contribution >= 4 is 27.9 Å². The minimum Gasteiger partial charge on any atom is -0.481 e. The third-order valence-corrected chi connectivity index (χ3v) is 4.46. The molecule has 2 atom stereocenters. The van der Waals surface area contributed by atoms with Crippen LogP contribution in [0.4, 0.5) is 4.79 Å². The van der Waals surface area contributed by atoms with Gasteiger partial charge in [0.2, 0.25) is 0 Å². The Hall–Kier alpha value is -1.56. The Morgan fingerprint density at radius 1 is 1.48 bits per heavy atom. The third-order valence-electron chi connectivity index (χ3n) is 3.97. The maximum absolute atomic E-state index is 12.2. The molecular weight excluding hydrogens is 336 g/mol. The van der Waals surface area contributed by atoms with Gasteiger partial charge in [-0.1, -0.05) is 28.1 Å². The molecule has 0 bridgehead atoms. The Balaban J connectivity index is 1.98. The quantitative estimate of drug-likeness (QED) is 0.876. The molecule has 1 fully saturated rings. The molecule has 0 radical (unpaired) electrons. The molecule has 6 heteroatoms. The van der Waals surface area contributed by atoms with Crippen molar-refractivity contribution in [1.29, 1.82) is 0 Å². The second kappa shape index (κ2) is 6.05. The summed E-state index contributed by atoms with van der Waals surface area (Å²) < 4.78 is 0.959. The smallest absolute Gasteiger partial charge is 0.317 e. The van der Waals surface area contributed by atoms with Gasteiger partial charge in [0.25, 0.3) is 0 Å². The average Bonchev–Trinajstić information content (AvgIpc) is 2.83. The van der Waals surface area contributed by atoms with Gasteiger partial charge < -0.3 is 15.3 Å². The highest BCUT2D eigenvalue weighted by atomic mass is 79.9. The summed E-state index contributed by atoms with van der Waals surface area (Å²) in [7, 11) is 0. The van der Waals surface area contributed by atoms with Crippen LogP contribution in [0, 0.1) is 5.41 Å². The van der Waals surface area contributed by atoms with Crippen LogP contribution in [0.15, 0.2) is 28.7 Å². The molecule has 2 rings (SSSR count). The SMILES string of the molecule is CC(NC(=O)N1CCC(C)(C(=O)O)C1)c1cccc(Br)c1. The number of benzene rings is 1. The van der Waals surface area contributed by atoms with E-state index in [-0.39, 0.29) is 18.6 Å². The van der Waals surface area contributed by atoms with E-state index in [2.05, 4.69) is 21.2 Å². The Kier molecular flexibility index (Phi) is 4.56. The van der Waals surface area contributed by atoms with E-state index in [9.17, 15) is 14.7 Å². The summed E-state index contributed by atoms with van der Waals surface area (Å²) in [5.74, 6) is -0.849. The molecule has 1 aromatic rings. The molecule has 2 unspecified atom stereocenters. The van der Waals surface area contributed by atoms with Gasteiger partial charge in [0, 0.05) is 17.6 Å². The van der Waals surface area contributed by atoms with Gasteiger partial charge >= 0.3 is 12.0 Å². The maximum Gasteiger partial charge on any atom is 0.317 e. The van der Waals surface area contributed by atoms with Crippen molar-refractivity contribution in [1.82, 2.24) is 10.2 Å². The van der Waals surface area contributed by atoms with E-state index >= 15 is 0 Å². The van der Waals surface area contributed by atoms with Gasteiger partial charge in [0.15, 0.2) is 0 Å². The molecular formula is C15H19BrN2O3. The fraction of sp³-hybridized carbons (Fsp3) is 0.467. The highest BCUT2D eigenvalue weighted by Crippen LogP contribution is 2.30. The lowest BCUT2D eigenvalue weighted by Gasteiger charge is -2.23. The van der Waals surface area contributed by atoms with Gasteiger partial charge in [0.05, 0.1) is 11.5 Å². The number of nitrogens with zero attached hydrogens (tertiary/aromatic N) is 1. The number of hydrogen-bond donors (Lipinski definition) is 2. The van der Waals surface area contributed by atoms with Crippen LogP contribution in [0.25, 0.3) is 0 Å². The van der Waals surface area contributed by atoms with Crippen molar-refractivity contribution in [3.63, 3.8) is 0 Å². The summed E-state index contributed by atoms with van der Waals surface area (Å²) in [6, 6.07) is 7.40. The minimum absolute atomic E-state index is 0.133. The lowest BCUT2D eigenvalue weighted by Crippen LogP contribution is -2.41. The zero-order valence-corrected chi connectivity index (χ0v) is 13.7. The number of carbonyl (C=O) groups excluding carboxylic acids is 1. The number of rotatable bonds is 3. The van der Waals surface area contributed by atoms with E-state index in [1.807, 2.05) is 31.2 Å². The number of carbonyl (C=O) groups is 2. The van der Waals surface area contributed by atoms with E-state index in [4.69, 9.17) is 0 Å². The minimum atomic E-state index is -0.849. The van der Waals surface area contributed by atoms with Crippen molar-refractivity contribution in [3.8, 4) is 0 Å². The van der Waals surface area contributed by atoms with Crippen LogP contribution in [0.1, 0.15) is 31.9 Å². The van der Waals surface area contributed by atoms with Crippen molar-refractivity contribution in [2.75, 3.05) is 13.1 Å². The van der Waals surface area contributed by atoms with Crippen LogP contribution in [0.2, 0.25) is 0 Å². The molecule has 1 heterocycles. The monoisotopic (exact) mass is 354 g/mol. The molecule has 1 aliphatic rings. The molecule has 1 saturated heterocycles. The molecule has 21 heavy (non-hydrogen) atoms. The first kappa shape index (κ1) is 15.8. The summed E-state index contributed by atoms with van der Waals surface area (Å²) in [6.07, 6.45) is 0.487. The molecule has 114 valence electrons. The standard InChI is InChI=1S/C15H19BrN2O3/c1-10(11-4-3-5-12(16)8-11)17-14(21)18-7-6-15(2,9-18)13(19)20/h3-5,8,10H,6-7,9H2,1-2H3,(H,17,21)(H,19,20). The second-order valence-corrected chi connectivity index (χ2v) is 6.68. The molecule has 0 saturated carbocycles. The number of likely N-dealkylation sites (tertiary alicyclic amines) is 1. The molecule has 0 aromatic heterocycles. The maximum atomic E-state index is 12.2. The first-order valence-corrected chi connectivity index (χ1v) is 7.65. The van der Waals surface area contributed by atoms with Gasteiger partial charge in [-0.25, -0.2) is 4.79 Å². The van der Waals surface area contributed by atoms with Crippen molar-refractivity contribution in [2.24, 2.45) is 5.41 Å². The number of carboxylic acids is 1. The van der Waals surface area contributed by atoms with Gasteiger partial charge in [-0.3, -0.25) is 4.79 Å². The van der Waals surface area contributed by atoms with Crippen molar-refractivity contribution in [2.45, 2.75) is 26.3 Å². The molecule has 1 aliphatic heterocycles. The number of nitrogens with one attached hydrogen (secondary N) is 1. The van der Waals surface area contributed by atoms with E-state index < -0.39 is 11.4 Å². The van der Waals surface area contributed by atoms with Crippen LogP contribution >= 0.6 is 15.9 Å². The van der Waals surface area contributed by atoms with Crippen LogP contribution in [-0.2, 0) is 4.79 Å². The Labute approximate surface area is 132 Å². The Morgan fingerprint density at radius 3 is 2.76 bits per heavy atom. The van der Waals surface area contributed by atoms with E-state index in [0.29, 0.717) is 13.0 Å². The number of urea groups is 1. The first-order valence-electron chi connectivity index (χ1n) is 6.86.